The molecule has 0 aliphatic carbocycles. The lowest BCUT2D eigenvalue weighted by Crippen LogP contribution is -2.39. The van der Waals surface area contributed by atoms with Crippen molar-refractivity contribution in [1.82, 2.24) is 9.80 Å². The first kappa shape index (κ1) is 53.1. The van der Waals surface area contributed by atoms with Crippen molar-refractivity contribution >= 4 is 18.1 Å². The average molecular weight is 783 g/mol. The third kappa shape index (κ3) is 35.1. The summed E-state index contributed by atoms with van der Waals surface area (Å²) in [6, 6.07) is 0. The van der Waals surface area contributed by atoms with Gasteiger partial charge in [0, 0.05) is 39.0 Å². The van der Waals surface area contributed by atoms with Crippen LogP contribution in [0.15, 0.2) is 0 Å². The predicted molar refractivity (Wildman–Crippen MR) is 229 cm³/mol. The van der Waals surface area contributed by atoms with Crippen molar-refractivity contribution in [2.75, 3.05) is 59.1 Å². The second kappa shape index (κ2) is 40.3. The molecule has 0 aromatic rings. The van der Waals surface area contributed by atoms with Gasteiger partial charge in [-0.25, -0.2) is 4.79 Å². The van der Waals surface area contributed by atoms with Crippen LogP contribution in [0.2, 0.25) is 0 Å². The first-order chi connectivity index (χ1) is 26.8. The molecule has 55 heavy (non-hydrogen) atoms. The Kier molecular flexibility index (Phi) is 39.0. The summed E-state index contributed by atoms with van der Waals surface area (Å²) in [5, 5.41) is 0. The molecule has 0 aliphatic heterocycles. The Balaban J connectivity index is 4.90. The molecule has 0 N–H and O–H groups in total. The molecular formula is C46H90N2O7. The van der Waals surface area contributed by atoms with Gasteiger partial charge < -0.3 is 23.8 Å². The Morgan fingerprint density at radius 2 is 0.873 bits per heavy atom. The van der Waals surface area contributed by atoms with E-state index in [1.807, 2.05) is 0 Å². The molecule has 2 atom stereocenters. The van der Waals surface area contributed by atoms with E-state index in [9.17, 15) is 14.4 Å². The predicted octanol–water partition coefficient (Wildman–Crippen LogP) is 12.1. The Morgan fingerprint density at radius 3 is 1.45 bits per heavy atom. The molecule has 326 valence electrons. The van der Waals surface area contributed by atoms with Crippen LogP contribution in [-0.2, 0) is 28.5 Å². The van der Waals surface area contributed by atoms with Crippen LogP contribution in [0.4, 0.5) is 4.79 Å². The lowest BCUT2D eigenvalue weighted by Gasteiger charge is -2.26. The summed E-state index contributed by atoms with van der Waals surface area (Å²) in [5.41, 5.74) is 0. The Labute approximate surface area is 340 Å². The van der Waals surface area contributed by atoms with Crippen molar-refractivity contribution < 1.29 is 33.3 Å². The Bertz CT molecular complexity index is 869. The fourth-order valence-corrected chi connectivity index (χ4v) is 7.02. The zero-order chi connectivity index (χ0) is 40.6. The van der Waals surface area contributed by atoms with Crippen molar-refractivity contribution in [3.8, 4) is 0 Å². The van der Waals surface area contributed by atoms with Gasteiger partial charge in [-0.15, -0.1) is 0 Å². The molecule has 0 saturated carbocycles. The molecule has 9 heteroatoms. The van der Waals surface area contributed by atoms with Gasteiger partial charge in [0.25, 0.3) is 0 Å². The molecule has 0 saturated heterocycles. The maximum absolute atomic E-state index is 12.9. The van der Waals surface area contributed by atoms with Gasteiger partial charge in [0.1, 0.15) is 19.3 Å². The van der Waals surface area contributed by atoms with Crippen LogP contribution >= 0.6 is 0 Å². The molecule has 0 rings (SSSR count). The number of hydrogen-bond acceptors (Lipinski definition) is 9. The van der Waals surface area contributed by atoms with Gasteiger partial charge in [-0.3, -0.25) is 14.5 Å². The summed E-state index contributed by atoms with van der Waals surface area (Å²) in [6.45, 7) is 19.0. The molecule has 2 unspecified atom stereocenters. The van der Waals surface area contributed by atoms with Crippen molar-refractivity contribution in [1.29, 1.82) is 0 Å². The quantitative estimate of drug-likeness (QED) is 0.0341. The second-order valence-corrected chi connectivity index (χ2v) is 15.8. The van der Waals surface area contributed by atoms with Crippen molar-refractivity contribution in [3.63, 3.8) is 0 Å². The Hall–Kier alpha value is -1.87. The number of ether oxygens (including phenoxy) is 4. The second-order valence-electron chi connectivity index (χ2n) is 15.8. The lowest BCUT2D eigenvalue weighted by molar-refractivity contribution is -0.145. The maximum Gasteiger partial charge on any atom is 0.508 e. The number of likely N-dealkylation sites (N-methyl/N-ethyl adjacent to an activating group) is 1. The highest BCUT2D eigenvalue weighted by Crippen LogP contribution is 2.21. The fraction of sp³-hybridized carbons (Fsp3) is 0.935. The number of unbranched alkanes of at least 4 members (excludes halogenated alkanes) is 15. The van der Waals surface area contributed by atoms with Gasteiger partial charge in [-0.1, -0.05) is 151 Å². The van der Waals surface area contributed by atoms with Gasteiger partial charge in [-0.05, 0) is 64.0 Å². The molecule has 9 nitrogen and oxygen atoms in total. The monoisotopic (exact) mass is 783 g/mol. The average Bonchev–Trinajstić information content (AvgIpc) is 3.18. The van der Waals surface area contributed by atoms with E-state index < -0.39 is 6.16 Å². The number of hydrogen-bond donors (Lipinski definition) is 0. The van der Waals surface area contributed by atoms with E-state index in [0.717, 1.165) is 84.0 Å². The summed E-state index contributed by atoms with van der Waals surface area (Å²) in [7, 11) is 0. The highest BCUT2D eigenvalue weighted by atomic mass is 16.7. The summed E-state index contributed by atoms with van der Waals surface area (Å²) < 4.78 is 22.8. The number of rotatable bonds is 41. The zero-order valence-corrected chi connectivity index (χ0v) is 37.2. The summed E-state index contributed by atoms with van der Waals surface area (Å²) in [5.74, 6) is 0.171. The van der Waals surface area contributed by atoms with E-state index in [0.29, 0.717) is 57.9 Å². The number of nitrogens with zero attached hydrogens (tertiary/aromatic N) is 2. The van der Waals surface area contributed by atoms with Crippen LogP contribution < -0.4 is 0 Å². The van der Waals surface area contributed by atoms with Gasteiger partial charge in [0.2, 0.25) is 0 Å². The van der Waals surface area contributed by atoms with E-state index in [-0.39, 0.29) is 24.6 Å². The first-order valence-corrected chi connectivity index (χ1v) is 23.4. The molecule has 0 aliphatic rings. The number of carbonyl (C=O) groups is 3. The molecule has 0 spiro atoms. The smallest absolute Gasteiger partial charge is 0.465 e. The fourth-order valence-electron chi connectivity index (χ4n) is 7.02. The molecule has 0 bridgehead atoms. The molecule has 0 aromatic heterocycles. The van der Waals surface area contributed by atoms with Crippen molar-refractivity contribution in [3.05, 3.63) is 0 Å². The van der Waals surface area contributed by atoms with Crippen LogP contribution in [-0.4, -0.2) is 93.1 Å². The van der Waals surface area contributed by atoms with Gasteiger partial charge in [-0.2, -0.15) is 0 Å². The standard InChI is InChI=1S/C46H90N2O7/c1-7-13-17-21-23-25-30-42(29-24-19-15-9-3)41-54-45(50)34-28-32-43(31-26-20-16-10-4)55-46(51)53-40-38-48(36-35-47(11-5)12-6)37-39-52-44(49)33-27-22-18-14-8-2/h42-43H,7-41H2,1-6H3. The molecule has 0 amide bonds. The van der Waals surface area contributed by atoms with Crippen LogP contribution in [0, 0.1) is 5.92 Å². The zero-order valence-electron chi connectivity index (χ0n) is 37.2. The SMILES string of the molecule is CCCCCCCCC(CCCCCC)COC(=O)CCCC(CCCCCC)OC(=O)OCCN(CCOC(=O)CCCCCCC)CCN(CC)CC. The highest BCUT2D eigenvalue weighted by molar-refractivity contribution is 5.69. The summed E-state index contributed by atoms with van der Waals surface area (Å²) in [4.78, 5) is 42.5. The summed E-state index contributed by atoms with van der Waals surface area (Å²) in [6.07, 6.45) is 26.7. The molecule has 0 aromatic carbocycles. The molecule has 0 radical (unpaired) electrons. The molecule has 0 fully saturated rings. The number of esters is 2. The van der Waals surface area contributed by atoms with Crippen LogP contribution in [0.25, 0.3) is 0 Å². The normalized spacial score (nSPS) is 12.6. The highest BCUT2D eigenvalue weighted by Gasteiger charge is 2.18. The first-order valence-electron chi connectivity index (χ1n) is 23.4. The number of carbonyl (C=O) groups excluding carboxylic acids is 3. The lowest BCUT2D eigenvalue weighted by atomic mass is 9.95. The maximum atomic E-state index is 12.9. The van der Waals surface area contributed by atoms with Crippen molar-refractivity contribution in [2.45, 2.75) is 215 Å². The van der Waals surface area contributed by atoms with Gasteiger partial charge in [0.15, 0.2) is 0 Å². The topological polar surface area (TPSA) is 94.6 Å². The van der Waals surface area contributed by atoms with E-state index in [1.54, 1.807) is 0 Å². The minimum atomic E-state index is -0.651. The van der Waals surface area contributed by atoms with Crippen LogP contribution in [0.3, 0.4) is 0 Å². The minimum Gasteiger partial charge on any atom is -0.465 e. The third-order valence-corrected chi connectivity index (χ3v) is 10.9. The minimum absolute atomic E-state index is 0.135. The Morgan fingerprint density at radius 1 is 0.436 bits per heavy atom. The van der Waals surface area contributed by atoms with E-state index in [2.05, 4.69) is 51.3 Å². The molecular weight excluding hydrogens is 693 g/mol. The van der Waals surface area contributed by atoms with Gasteiger partial charge >= 0.3 is 18.1 Å². The van der Waals surface area contributed by atoms with E-state index >= 15 is 0 Å². The van der Waals surface area contributed by atoms with E-state index in [1.165, 1.54) is 83.5 Å². The van der Waals surface area contributed by atoms with Crippen LogP contribution in [0.1, 0.15) is 208 Å². The van der Waals surface area contributed by atoms with Gasteiger partial charge in [0.05, 0.1) is 6.61 Å². The van der Waals surface area contributed by atoms with Crippen molar-refractivity contribution in [2.24, 2.45) is 5.92 Å². The molecule has 0 heterocycles. The van der Waals surface area contributed by atoms with E-state index in [4.69, 9.17) is 18.9 Å². The third-order valence-electron chi connectivity index (χ3n) is 10.9. The largest absolute Gasteiger partial charge is 0.508 e. The van der Waals surface area contributed by atoms with Crippen LogP contribution in [0.5, 0.6) is 0 Å². The summed E-state index contributed by atoms with van der Waals surface area (Å²) >= 11 is 0.